The Balaban J connectivity index is 2.21. The van der Waals surface area contributed by atoms with Crippen LogP contribution in [0.5, 0.6) is 0 Å². The molecule has 102 valence electrons. The molecule has 1 aromatic heterocycles. The number of nitrogens with two attached hydrogens (primary N) is 1. The molecule has 1 aliphatic heterocycles. The minimum absolute atomic E-state index is 0.353. The van der Waals surface area contributed by atoms with Crippen molar-refractivity contribution in [2.75, 3.05) is 11.4 Å². The first kappa shape index (κ1) is 13.4. The van der Waals surface area contributed by atoms with E-state index in [1.807, 2.05) is 0 Å². The van der Waals surface area contributed by atoms with E-state index in [1.54, 1.807) is 0 Å². The molecule has 2 atom stereocenters. The van der Waals surface area contributed by atoms with Gasteiger partial charge >= 0.3 is 0 Å². The van der Waals surface area contributed by atoms with Crippen molar-refractivity contribution in [3.05, 3.63) is 11.9 Å². The van der Waals surface area contributed by atoms with Gasteiger partial charge in [0.05, 0.1) is 5.69 Å². The summed E-state index contributed by atoms with van der Waals surface area (Å²) in [4.78, 5) is 7.13. The van der Waals surface area contributed by atoms with Crippen molar-refractivity contribution in [2.45, 2.75) is 59.2 Å². The molecule has 0 spiro atoms. The topological polar surface area (TPSA) is 47.1 Å². The van der Waals surface area contributed by atoms with E-state index in [2.05, 4.69) is 43.4 Å². The molecule has 0 amide bonds. The number of imidazole rings is 1. The zero-order valence-electron chi connectivity index (χ0n) is 12.1. The number of aromatic nitrogens is 2. The van der Waals surface area contributed by atoms with E-state index < -0.39 is 0 Å². The molecule has 2 N–H and O–H groups in total. The van der Waals surface area contributed by atoms with Crippen LogP contribution in [0.1, 0.15) is 39.3 Å². The molecule has 18 heavy (non-hydrogen) atoms. The monoisotopic (exact) mass is 250 g/mol. The summed E-state index contributed by atoms with van der Waals surface area (Å²) in [6, 6.07) is 0.840. The molecular formula is C14H26N4. The molecule has 1 aliphatic rings. The van der Waals surface area contributed by atoms with Crippen LogP contribution < -0.4 is 10.6 Å². The second kappa shape index (κ2) is 5.31. The van der Waals surface area contributed by atoms with Crippen LogP contribution in [-0.2, 0) is 6.54 Å². The van der Waals surface area contributed by atoms with Crippen LogP contribution in [-0.4, -0.2) is 28.2 Å². The number of nitrogens with zero attached hydrogens (tertiary/aromatic N) is 3. The minimum Gasteiger partial charge on any atom is -0.339 e. The molecule has 2 unspecified atom stereocenters. The van der Waals surface area contributed by atoms with E-state index in [0.29, 0.717) is 18.0 Å². The van der Waals surface area contributed by atoms with E-state index >= 15 is 0 Å². The molecule has 1 saturated heterocycles. The van der Waals surface area contributed by atoms with Gasteiger partial charge in [-0.15, -0.1) is 0 Å². The van der Waals surface area contributed by atoms with Crippen molar-refractivity contribution in [2.24, 2.45) is 11.7 Å². The first-order valence-electron chi connectivity index (χ1n) is 7.03. The molecule has 2 heterocycles. The Morgan fingerprint density at radius 1 is 1.50 bits per heavy atom. The molecule has 0 radical (unpaired) electrons. The molecular weight excluding hydrogens is 224 g/mol. The first-order valence-corrected chi connectivity index (χ1v) is 7.03. The number of piperidine rings is 1. The van der Waals surface area contributed by atoms with Crippen molar-refractivity contribution >= 4 is 5.95 Å². The molecule has 0 bridgehead atoms. The minimum atomic E-state index is 0.353. The van der Waals surface area contributed by atoms with Gasteiger partial charge < -0.3 is 15.2 Å². The van der Waals surface area contributed by atoms with Crippen molar-refractivity contribution in [1.82, 2.24) is 9.55 Å². The largest absolute Gasteiger partial charge is 0.339 e. The fourth-order valence-corrected chi connectivity index (χ4v) is 2.80. The Morgan fingerprint density at radius 2 is 2.22 bits per heavy atom. The van der Waals surface area contributed by atoms with Crippen molar-refractivity contribution in [3.8, 4) is 0 Å². The van der Waals surface area contributed by atoms with Crippen LogP contribution in [0.3, 0.4) is 0 Å². The Labute approximate surface area is 110 Å². The first-order chi connectivity index (χ1) is 8.47. The zero-order chi connectivity index (χ0) is 13.3. The lowest BCUT2D eigenvalue weighted by Gasteiger charge is -2.37. The number of rotatable bonds is 3. The number of aryl methyl sites for hydroxylation is 1. The Kier molecular flexibility index (Phi) is 3.95. The smallest absolute Gasteiger partial charge is 0.205 e. The third-order valence-corrected chi connectivity index (χ3v) is 3.61. The predicted octanol–water partition coefficient (Wildman–Crippen LogP) is 2.16. The van der Waals surface area contributed by atoms with Gasteiger partial charge in [-0.25, -0.2) is 4.98 Å². The lowest BCUT2D eigenvalue weighted by molar-refractivity contribution is 0.414. The predicted molar refractivity (Wildman–Crippen MR) is 75.8 cm³/mol. The van der Waals surface area contributed by atoms with E-state index in [4.69, 9.17) is 10.7 Å². The highest BCUT2D eigenvalue weighted by atomic mass is 15.3. The van der Waals surface area contributed by atoms with Gasteiger partial charge in [-0.05, 0) is 32.6 Å². The Hall–Kier alpha value is -1.03. The molecule has 4 nitrogen and oxygen atoms in total. The maximum Gasteiger partial charge on any atom is 0.205 e. The molecule has 0 aromatic carbocycles. The Bertz CT molecular complexity index is 396. The number of hydrogen-bond donors (Lipinski definition) is 1. The van der Waals surface area contributed by atoms with Crippen LogP contribution in [0.15, 0.2) is 6.20 Å². The standard InChI is InChI=1S/C14H26N4/c1-10(2)8-17-9-11(3)16-14(17)18-6-5-13(15)7-12(18)4/h9-10,12-13H,5-8,15H2,1-4H3. The van der Waals surface area contributed by atoms with Gasteiger partial charge in [-0.3, -0.25) is 0 Å². The fraction of sp³-hybridized carbons (Fsp3) is 0.786. The highest BCUT2D eigenvalue weighted by molar-refractivity contribution is 5.36. The fourth-order valence-electron chi connectivity index (χ4n) is 2.80. The molecule has 1 fully saturated rings. The second-order valence-corrected chi connectivity index (χ2v) is 6.06. The lowest BCUT2D eigenvalue weighted by Crippen LogP contribution is -2.46. The van der Waals surface area contributed by atoms with Gasteiger partial charge in [-0.2, -0.15) is 0 Å². The molecule has 1 aromatic rings. The van der Waals surface area contributed by atoms with Crippen molar-refractivity contribution < 1.29 is 0 Å². The third kappa shape index (κ3) is 2.86. The molecule has 2 rings (SSSR count). The van der Waals surface area contributed by atoms with Gasteiger partial charge in [0, 0.05) is 31.4 Å². The van der Waals surface area contributed by atoms with E-state index in [1.165, 1.54) is 0 Å². The molecule has 4 heteroatoms. The Morgan fingerprint density at radius 3 is 2.83 bits per heavy atom. The summed E-state index contributed by atoms with van der Waals surface area (Å²) in [6.45, 7) is 10.9. The van der Waals surface area contributed by atoms with Crippen LogP contribution in [0.2, 0.25) is 0 Å². The van der Waals surface area contributed by atoms with Gasteiger partial charge in [0.1, 0.15) is 0 Å². The van der Waals surface area contributed by atoms with Crippen LogP contribution >= 0.6 is 0 Å². The average Bonchev–Trinajstić information content (AvgIpc) is 2.58. The maximum atomic E-state index is 6.04. The summed E-state index contributed by atoms with van der Waals surface area (Å²) in [5.74, 6) is 1.76. The highest BCUT2D eigenvalue weighted by Gasteiger charge is 2.26. The summed E-state index contributed by atoms with van der Waals surface area (Å²) >= 11 is 0. The van der Waals surface area contributed by atoms with Crippen LogP contribution in [0, 0.1) is 12.8 Å². The summed E-state index contributed by atoms with van der Waals surface area (Å²) in [7, 11) is 0. The number of hydrogen-bond acceptors (Lipinski definition) is 3. The summed E-state index contributed by atoms with van der Waals surface area (Å²) in [5, 5.41) is 0. The third-order valence-electron chi connectivity index (χ3n) is 3.61. The van der Waals surface area contributed by atoms with Crippen molar-refractivity contribution in [1.29, 1.82) is 0 Å². The summed E-state index contributed by atoms with van der Waals surface area (Å²) in [6.07, 6.45) is 4.29. The molecule has 0 saturated carbocycles. The van der Waals surface area contributed by atoms with Gasteiger partial charge in [0.15, 0.2) is 0 Å². The van der Waals surface area contributed by atoms with E-state index in [9.17, 15) is 0 Å². The van der Waals surface area contributed by atoms with Crippen molar-refractivity contribution in [3.63, 3.8) is 0 Å². The average molecular weight is 250 g/mol. The molecule has 0 aliphatic carbocycles. The highest BCUT2D eigenvalue weighted by Crippen LogP contribution is 2.24. The quantitative estimate of drug-likeness (QED) is 0.894. The maximum absolute atomic E-state index is 6.04. The normalized spacial score (nSPS) is 24.9. The lowest BCUT2D eigenvalue weighted by atomic mass is 10.00. The summed E-state index contributed by atoms with van der Waals surface area (Å²) < 4.78 is 2.30. The van der Waals surface area contributed by atoms with Crippen LogP contribution in [0.25, 0.3) is 0 Å². The van der Waals surface area contributed by atoms with E-state index in [0.717, 1.165) is 37.6 Å². The second-order valence-electron chi connectivity index (χ2n) is 6.06. The van der Waals surface area contributed by atoms with Gasteiger partial charge in [-0.1, -0.05) is 13.8 Å². The van der Waals surface area contributed by atoms with Crippen LogP contribution in [0.4, 0.5) is 5.95 Å². The SMILES string of the molecule is Cc1cn(CC(C)C)c(N2CCC(N)CC2C)n1. The van der Waals surface area contributed by atoms with Gasteiger partial charge in [0.2, 0.25) is 5.95 Å². The van der Waals surface area contributed by atoms with Gasteiger partial charge in [0.25, 0.3) is 0 Å². The van der Waals surface area contributed by atoms with E-state index in [-0.39, 0.29) is 0 Å². The number of anilines is 1. The zero-order valence-corrected chi connectivity index (χ0v) is 12.1. The summed E-state index contributed by atoms with van der Waals surface area (Å²) in [5.41, 5.74) is 7.14.